The van der Waals surface area contributed by atoms with Crippen molar-refractivity contribution in [2.45, 2.75) is 349 Å². The number of unbranched alkanes of at least 4 members (excludes halogenated alkanes) is 34. The zero-order valence-corrected chi connectivity index (χ0v) is 56.7. The molecule has 3 unspecified atom stereocenters. The van der Waals surface area contributed by atoms with Crippen LogP contribution in [-0.2, 0) is 65.4 Å². The summed E-state index contributed by atoms with van der Waals surface area (Å²) >= 11 is 0. The molecule has 19 heteroatoms. The van der Waals surface area contributed by atoms with Crippen molar-refractivity contribution in [3.05, 3.63) is 0 Å². The van der Waals surface area contributed by atoms with Gasteiger partial charge in [-0.2, -0.15) is 0 Å². The van der Waals surface area contributed by atoms with E-state index in [1.54, 1.807) is 0 Å². The number of rotatable bonds is 65. The fourth-order valence-electron chi connectivity index (χ4n) is 9.85. The highest BCUT2D eigenvalue weighted by molar-refractivity contribution is 7.47. The van der Waals surface area contributed by atoms with Gasteiger partial charge in [0.25, 0.3) is 0 Å². The Hall–Kier alpha value is -1.94. The highest BCUT2D eigenvalue weighted by atomic mass is 31.2. The third-order valence-electron chi connectivity index (χ3n) is 15.6. The van der Waals surface area contributed by atoms with Gasteiger partial charge < -0.3 is 33.8 Å². The van der Waals surface area contributed by atoms with Gasteiger partial charge in [0.1, 0.15) is 19.3 Å². The molecule has 3 N–H and O–H groups in total. The first-order chi connectivity index (χ1) is 40.9. The van der Waals surface area contributed by atoms with Gasteiger partial charge in [-0.05, 0) is 37.5 Å². The molecule has 0 aromatic heterocycles. The number of esters is 4. The molecule has 504 valence electrons. The highest BCUT2D eigenvalue weighted by Gasteiger charge is 2.30. The van der Waals surface area contributed by atoms with E-state index in [0.717, 1.165) is 102 Å². The minimum absolute atomic E-state index is 0.106. The molecule has 0 radical (unpaired) electrons. The molecule has 0 fully saturated rings. The molecule has 6 atom stereocenters. The van der Waals surface area contributed by atoms with Crippen molar-refractivity contribution in [2.24, 2.45) is 11.8 Å². The largest absolute Gasteiger partial charge is 0.472 e. The van der Waals surface area contributed by atoms with E-state index in [1.165, 1.54) is 148 Å². The number of hydrogen-bond acceptors (Lipinski definition) is 15. The van der Waals surface area contributed by atoms with Crippen LogP contribution in [0.4, 0.5) is 0 Å². The summed E-state index contributed by atoms with van der Waals surface area (Å²) in [7, 11) is -9.89. The molecule has 0 aliphatic heterocycles. The second-order valence-corrected chi connectivity index (χ2v) is 27.5. The van der Waals surface area contributed by atoms with E-state index < -0.39 is 97.5 Å². The van der Waals surface area contributed by atoms with Crippen LogP contribution in [0.25, 0.3) is 0 Å². The normalized spacial score (nSPS) is 14.6. The minimum Gasteiger partial charge on any atom is -0.462 e. The number of aliphatic hydroxyl groups is 1. The first kappa shape index (κ1) is 83.1. The van der Waals surface area contributed by atoms with Crippen LogP contribution < -0.4 is 0 Å². The predicted molar refractivity (Wildman–Crippen MR) is 340 cm³/mol. The van der Waals surface area contributed by atoms with Crippen molar-refractivity contribution >= 4 is 39.5 Å². The highest BCUT2D eigenvalue weighted by Crippen LogP contribution is 2.45. The standard InChI is InChI=1S/C66H128O17P2/c1-7-10-12-14-16-18-25-32-38-44-50-65(70)82-61(54-76-63(68)48-42-36-30-22-17-15-13-11-8-2)56-80-84(72,73)78-52-60(67)53-79-85(74,75)81-57-62(55-77-64(69)49-43-37-31-27-21-23-28-34-40-46-58(4)5)83-66(71)51-45-39-33-26-20-19-24-29-35-41-47-59(6)9-3/h58-62,67H,7-57H2,1-6H3,(H,72,73)(H,74,75)/t59?,60-,61+,62+/m0/s1. The average molecular weight is 1260 g/mol. The zero-order chi connectivity index (χ0) is 62.9. The molecular formula is C66H128O17P2. The predicted octanol–water partition coefficient (Wildman–Crippen LogP) is 18.4. The van der Waals surface area contributed by atoms with E-state index in [0.29, 0.717) is 25.7 Å². The van der Waals surface area contributed by atoms with Crippen molar-refractivity contribution in [1.29, 1.82) is 0 Å². The van der Waals surface area contributed by atoms with Crippen molar-refractivity contribution in [1.82, 2.24) is 0 Å². The first-order valence-electron chi connectivity index (χ1n) is 34.5. The Labute approximate surface area is 517 Å². The summed E-state index contributed by atoms with van der Waals surface area (Å²) in [6.07, 6.45) is 41.5. The van der Waals surface area contributed by atoms with Crippen LogP contribution in [-0.4, -0.2) is 96.7 Å². The molecule has 0 amide bonds. The number of hydrogen-bond donors (Lipinski definition) is 3. The second-order valence-electron chi connectivity index (χ2n) is 24.6. The van der Waals surface area contributed by atoms with Gasteiger partial charge in [0, 0.05) is 25.7 Å². The van der Waals surface area contributed by atoms with E-state index in [9.17, 15) is 43.2 Å². The lowest BCUT2D eigenvalue weighted by molar-refractivity contribution is -0.161. The summed E-state index contributed by atoms with van der Waals surface area (Å²) in [5.74, 6) is -0.584. The van der Waals surface area contributed by atoms with Crippen LogP contribution >= 0.6 is 15.6 Å². The second kappa shape index (κ2) is 58.4. The van der Waals surface area contributed by atoms with Crippen molar-refractivity contribution in [3.8, 4) is 0 Å². The van der Waals surface area contributed by atoms with Gasteiger partial charge in [-0.1, -0.05) is 279 Å². The molecule has 0 heterocycles. The van der Waals surface area contributed by atoms with Crippen LogP contribution in [0.3, 0.4) is 0 Å². The van der Waals surface area contributed by atoms with E-state index in [1.807, 2.05) is 0 Å². The monoisotopic (exact) mass is 1250 g/mol. The van der Waals surface area contributed by atoms with Crippen molar-refractivity contribution in [3.63, 3.8) is 0 Å². The molecule has 0 aromatic carbocycles. The first-order valence-corrected chi connectivity index (χ1v) is 37.5. The topological polar surface area (TPSA) is 237 Å². The van der Waals surface area contributed by atoms with Gasteiger partial charge in [0.15, 0.2) is 12.2 Å². The van der Waals surface area contributed by atoms with E-state index in [4.69, 9.17) is 37.0 Å². The minimum atomic E-state index is -4.95. The number of ether oxygens (including phenoxy) is 4. The third-order valence-corrected chi connectivity index (χ3v) is 17.5. The molecule has 0 rings (SSSR count). The number of carbonyl (C=O) groups excluding carboxylic acids is 4. The Balaban J connectivity index is 5.24. The van der Waals surface area contributed by atoms with Gasteiger partial charge in [0.05, 0.1) is 26.4 Å². The lowest BCUT2D eigenvalue weighted by Gasteiger charge is -2.21. The van der Waals surface area contributed by atoms with Gasteiger partial charge in [-0.25, -0.2) is 9.13 Å². The summed E-state index contributed by atoms with van der Waals surface area (Å²) in [5.41, 5.74) is 0. The smallest absolute Gasteiger partial charge is 0.462 e. The summed E-state index contributed by atoms with van der Waals surface area (Å²) in [4.78, 5) is 72.3. The fraction of sp³-hybridized carbons (Fsp3) is 0.939. The quantitative estimate of drug-likeness (QED) is 0.0222. The number of phosphoric ester groups is 2. The van der Waals surface area contributed by atoms with Gasteiger partial charge in [-0.3, -0.25) is 37.3 Å². The molecule has 0 saturated carbocycles. The Morgan fingerprint density at radius 2 is 0.600 bits per heavy atom. The Morgan fingerprint density at radius 1 is 0.341 bits per heavy atom. The van der Waals surface area contributed by atoms with Gasteiger partial charge in [-0.15, -0.1) is 0 Å². The summed E-state index contributed by atoms with van der Waals surface area (Å²) < 4.78 is 68.1. The van der Waals surface area contributed by atoms with E-state index in [-0.39, 0.29) is 25.7 Å². The maximum absolute atomic E-state index is 13.0. The van der Waals surface area contributed by atoms with Crippen LogP contribution in [0.15, 0.2) is 0 Å². The van der Waals surface area contributed by atoms with Crippen LogP contribution in [0.5, 0.6) is 0 Å². The number of phosphoric acid groups is 2. The molecule has 0 aliphatic carbocycles. The third kappa shape index (κ3) is 59.5. The molecule has 0 aliphatic rings. The summed E-state index contributed by atoms with van der Waals surface area (Å²) in [6, 6.07) is 0. The van der Waals surface area contributed by atoms with Gasteiger partial charge >= 0.3 is 39.5 Å². The molecular weight excluding hydrogens is 1130 g/mol. The summed E-state index contributed by atoms with van der Waals surface area (Å²) in [5, 5.41) is 10.5. The number of carbonyl (C=O) groups is 4. The SMILES string of the molecule is CCCCCCCCCCCCC(=O)O[C@H](COC(=O)CCCCCCCCCCC)COP(=O)(O)OC[C@H](O)COP(=O)(O)OC[C@@H](COC(=O)CCCCCCCCCCCC(C)C)OC(=O)CCCCCCCCCCCCC(C)CC. The van der Waals surface area contributed by atoms with Crippen molar-refractivity contribution in [2.75, 3.05) is 39.6 Å². The molecule has 17 nitrogen and oxygen atoms in total. The lowest BCUT2D eigenvalue weighted by atomic mass is 9.99. The van der Waals surface area contributed by atoms with E-state index >= 15 is 0 Å². The zero-order valence-electron chi connectivity index (χ0n) is 54.9. The molecule has 0 bridgehead atoms. The van der Waals surface area contributed by atoms with Crippen LogP contribution in [0.1, 0.15) is 330 Å². The average Bonchev–Trinajstić information content (AvgIpc) is 3.61. The van der Waals surface area contributed by atoms with Crippen molar-refractivity contribution < 1.29 is 80.2 Å². The van der Waals surface area contributed by atoms with Gasteiger partial charge in [0.2, 0.25) is 0 Å². The fourth-order valence-corrected chi connectivity index (χ4v) is 11.4. The Kier molecular flexibility index (Phi) is 57.1. The maximum Gasteiger partial charge on any atom is 0.472 e. The van der Waals surface area contributed by atoms with E-state index in [2.05, 4.69) is 41.5 Å². The van der Waals surface area contributed by atoms with Crippen LogP contribution in [0, 0.1) is 11.8 Å². The molecule has 85 heavy (non-hydrogen) atoms. The molecule has 0 saturated heterocycles. The molecule has 0 spiro atoms. The Bertz CT molecular complexity index is 1670. The maximum atomic E-state index is 13.0. The number of aliphatic hydroxyl groups excluding tert-OH is 1. The Morgan fingerprint density at radius 3 is 0.894 bits per heavy atom. The molecule has 0 aromatic rings. The lowest BCUT2D eigenvalue weighted by Crippen LogP contribution is -2.30. The van der Waals surface area contributed by atoms with Crippen LogP contribution in [0.2, 0.25) is 0 Å². The summed E-state index contributed by atoms with van der Waals surface area (Å²) in [6.45, 7) is 9.50.